The lowest BCUT2D eigenvalue weighted by Crippen LogP contribution is -2.11. The molecular formula is C16H11N3OS. The Morgan fingerprint density at radius 3 is 2.90 bits per heavy atom. The summed E-state index contributed by atoms with van der Waals surface area (Å²) in [7, 11) is 0. The van der Waals surface area contributed by atoms with Gasteiger partial charge in [-0.15, -0.1) is 0 Å². The number of hydrogen-bond donors (Lipinski definition) is 2. The normalized spacial score (nSPS) is 11.0. The van der Waals surface area contributed by atoms with Crippen molar-refractivity contribution < 1.29 is 4.79 Å². The summed E-state index contributed by atoms with van der Waals surface area (Å²) in [4.78, 5) is 20.0. The molecule has 2 heterocycles. The molecule has 1 amide bonds. The van der Waals surface area contributed by atoms with Crippen molar-refractivity contribution >= 4 is 43.5 Å². The van der Waals surface area contributed by atoms with E-state index in [-0.39, 0.29) is 5.91 Å². The van der Waals surface area contributed by atoms with Gasteiger partial charge in [0.15, 0.2) is 5.13 Å². The molecule has 4 aromatic rings. The smallest absolute Gasteiger partial charge is 0.258 e. The van der Waals surface area contributed by atoms with E-state index >= 15 is 0 Å². The van der Waals surface area contributed by atoms with Gasteiger partial charge in [-0.1, -0.05) is 29.5 Å². The highest BCUT2D eigenvalue weighted by molar-refractivity contribution is 7.22. The Hall–Kier alpha value is -2.66. The number of aromatic nitrogens is 2. The van der Waals surface area contributed by atoms with E-state index in [2.05, 4.69) is 15.3 Å². The van der Waals surface area contributed by atoms with E-state index in [0.29, 0.717) is 10.7 Å². The van der Waals surface area contributed by atoms with Crippen LogP contribution in [0.15, 0.2) is 54.7 Å². The van der Waals surface area contributed by atoms with E-state index in [0.717, 1.165) is 21.1 Å². The third kappa shape index (κ3) is 2.08. The number of thiazole rings is 1. The highest BCUT2D eigenvalue weighted by Crippen LogP contribution is 2.26. The molecule has 0 bridgehead atoms. The molecule has 5 heteroatoms. The van der Waals surface area contributed by atoms with Crippen molar-refractivity contribution in [3.63, 3.8) is 0 Å². The topological polar surface area (TPSA) is 57.8 Å². The molecule has 0 saturated carbocycles. The summed E-state index contributed by atoms with van der Waals surface area (Å²) < 4.78 is 1.06. The number of rotatable bonds is 2. The summed E-state index contributed by atoms with van der Waals surface area (Å²) >= 11 is 1.48. The average molecular weight is 293 g/mol. The maximum absolute atomic E-state index is 12.4. The number of aromatic amines is 1. The van der Waals surface area contributed by atoms with Gasteiger partial charge in [0.1, 0.15) is 0 Å². The van der Waals surface area contributed by atoms with Crippen LogP contribution in [0.3, 0.4) is 0 Å². The molecule has 2 N–H and O–H groups in total. The number of carbonyl (C=O) groups is 1. The molecule has 4 rings (SSSR count). The highest BCUT2D eigenvalue weighted by atomic mass is 32.1. The number of hydrogen-bond acceptors (Lipinski definition) is 3. The molecule has 2 aromatic carbocycles. The number of amides is 1. The van der Waals surface area contributed by atoms with E-state index < -0.39 is 0 Å². The molecule has 0 radical (unpaired) electrons. The van der Waals surface area contributed by atoms with Crippen molar-refractivity contribution in [2.45, 2.75) is 0 Å². The van der Waals surface area contributed by atoms with Crippen LogP contribution in [0.4, 0.5) is 5.13 Å². The predicted molar refractivity (Wildman–Crippen MR) is 85.9 cm³/mol. The van der Waals surface area contributed by atoms with Crippen LogP contribution in [0, 0.1) is 0 Å². The number of nitrogens with zero attached hydrogens (tertiary/aromatic N) is 1. The zero-order valence-corrected chi connectivity index (χ0v) is 11.8. The number of para-hydroxylation sites is 1. The van der Waals surface area contributed by atoms with E-state index in [1.54, 1.807) is 0 Å². The first-order chi connectivity index (χ1) is 10.3. The largest absolute Gasteiger partial charge is 0.361 e. The van der Waals surface area contributed by atoms with Gasteiger partial charge in [0, 0.05) is 22.7 Å². The Morgan fingerprint density at radius 1 is 1.10 bits per heavy atom. The van der Waals surface area contributed by atoms with Gasteiger partial charge in [0.25, 0.3) is 5.91 Å². The van der Waals surface area contributed by atoms with E-state index in [1.807, 2.05) is 54.7 Å². The number of nitrogens with one attached hydrogen (secondary N) is 2. The molecule has 0 aliphatic carbocycles. The maximum Gasteiger partial charge on any atom is 0.258 e. The number of benzene rings is 2. The molecule has 0 fully saturated rings. The first-order valence-corrected chi connectivity index (χ1v) is 7.36. The Bertz CT molecular complexity index is 921. The fraction of sp³-hybridized carbons (Fsp3) is 0. The van der Waals surface area contributed by atoms with Crippen LogP contribution in [0.1, 0.15) is 10.4 Å². The van der Waals surface area contributed by atoms with Gasteiger partial charge in [-0.25, -0.2) is 4.98 Å². The second-order valence-electron chi connectivity index (χ2n) is 4.69. The van der Waals surface area contributed by atoms with Crippen LogP contribution < -0.4 is 5.32 Å². The zero-order chi connectivity index (χ0) is 14.2. The van der Waals surface area contributed by atoms with Crippen molar-refractivity contribution in [2.24, 2.45) is 0 Å². The van der Waals surface area contributed by atoms with Gasteiger partial charge in [-0.05, 0) is 30.3 Å². The van der Waals surface area contributed by atoms with Crippen LogP contribution in [-0.4, -0.2) is 15.9 Å². The molecule has 0 unspecified atom stereocenters. The summed E-state index contributed by atoms with van der Waals surface area (Å²) in [6.45, 7) is 0. The Kier molecular flexibility index (Phi) is 2.72. The van der Waals surface area contributed by atoms with Gasteiger partial charge < -0.3 is 4.98 Å². The molecule has 0 saturated heterocycles. The lowest BCUT2D eigenvalue weighted by atomic mass is 10.1. The van der Waals surface area contributed by atoms with E-state index in [4.69, 9.17) is 0 Å². The molecule has 0 spiro atoms. The number of H-pyrrole nitrogens is 1. The standard InChI is InChI=1S/C16H11N3OS/c20-15(11-4-3-6-12-10(11)8-9-17-12)19-16-18-13-5-1-2-7-14(13)21-16/h1-9,17H,(H,18,19,20). The monoisotopic (exact) mass is 293 g/mol. The summed E-state index contributed by atoms with van der Waals surface area (Å²) in [5.41, 5.74) is 2.50. The highest BCUT2D eigenvalue weighted by Gasteiger charge is 2.12. The van der Waals surface area contributed by atoms with Gasteiger partial charge in [0.05, 0.1) is 10.2 Å². The third-order valence-electron chi connectivity index (χ3n) is 3.35. The van der Waals surface area contributed by atoms with Gasteiger partial charge in [-0.3, -0.25) is 10.1 Å². The lowest BCUT2D eigenvalue weighted by Gasteiger charge is -2.03. The van der Waals surface area contributed by atoms with Crippen LogP contribution in [0.2, 0.25) is 0 Å². The minimum Gasteiger partial charge on any atom is -0.361 e. The molecule has 0 atom stereocenters. The quantitative estimate of drug-likeness (QED) is 0.586. The van der Waals surface area contributed by atoms with Crippen LogP contribution in [-0.2, 0) is 0 Å². The van der Waals surface area contributed by atoms with Gasteiger partial charge in [0.2, 0.25) is 0 Å². The number of carbonyl (C=O) groups excluding carboxylic acids is 1. The average Bonchev–Trinajstić information content (AvgIpc) is 3.12. The fourth-order valence-electron chi connectivity index (χ4n) is 2.37. The summed E-state index contributed by atoms with van der Waals surface area (Å²) in [5, 5.41) is 4.42. The summed E-state index contributed by atoms with van der Waals surface area (Å²) in [5.74, 6) is -0.140. The van der Waals surface area contributed by atoms with E-state index in [1.165, 1.54) is 11.3 Å². The first-order valence-electron chi connectivity index (χ1n) is 6.54. The van der Waals surface area contributed by atoms with Crippen molar-refractivity contribution in [3.05, 3.63) is 60.3 Å². The molecule has 2 aromatic heterocycles. The van der Waals surface area contributed by atoms with Crippen LogP contribution >= 0.6 is 11.3 Å². The second kappa shape index (κ2) is 4.71. The third-order valence-corrected chi connectivity index (χ3v) is 4.31. The SMILES string of the molecule is O=C(Nc1nc2ccccc2s1)c1cccc2[nH]ccc12. The Labute approximate surface area is 124 Å². The minimum atomic E-state index is -0.140. The lowest BCUT2D eigenvalue weighted by molar-refractivity contribution is 0.102. The molecule has 21 heavy (non-hydrogen) atoms. The first kappa shape index (κ1) is 12.1. The Balaban J connectivity index is 1.70. The van der Waals surface area contributed by atoms with Gasteiger partial charge in [-0.2, -0.15) is 0 Å². The fourth-order valence-corrected chi connectivity index (χ4v) is 3.23. The predicted octanol–water partition coefficient (Wildman–Crippen LogP) is 4.03. The van der Waals surface area contributed by atoms with Gasteiger partial charge >= 0.3 is 0 Å². The van der Waals surface area contributed by atoms with Crippen molar-refractivity contribution in [1.29, 1.82) is 0 Å². The summed E-state index contributed by atoms with van der Waals surface area (Å²) in [6, 6.07) is 15.4. The number of fused-ring (bicyclic) bond motifs is 2. The zero-order valence-electron chi connectivity index (χ0n) is 11.0. The molecule has 102 valence electrons. The van der Waals surface area contributed by atoms with Crippen LogP contribution in [0.25, 0.3) is 21.1 Å². The summed E-state index contributed by atoms with van der Waals surface area (Å²) in [6.07, 6.45) is 1.83. The molecular weight excluding hydrogens is 282 g/mol. The Morgan fingerprint density at radius 2 is 2.00 bits per heavy atom. The van der Waals surface area contributed by atoms with E-state index in [9.17, 15) is 4.79 Å². The van der Waals surface area contributed by atoms with Crippen molar-refractivity contribution in [2.75, 3.05) is 5.32 Å². The van der Waals surface area contributed by atoms with Crippen molar-refractivity contribution in [1.82, 2.24) is 9.97 Å². The number of anilines is 1. The van der Waals surface area contributed by atoms with Crippen LogP contribution in [0.5, 0.6) is 0 Å². The molecule has 0 aliphatic rings. The minimum absolute atomic E-state index is 0.140. The van der Waals surface area contributed by atoms with Crippen molar-refractivity contribution in [3.8, 4) is 0 Å². The molecule has 4 nitrogen and oxygen atoms in total. The maximum atomic E-state index is 12.4. The molecule has 0 aliphatic heterocycles. The second-order valence-corrected chi connectivity index (χ2v) is 5.72.